The van der Waals surface area contributed by atoms with Gasteiger partial charge < -0.3 is 4.74 Å². The minimum atomic E-state index is 0.0545. The van der Waals surface area contributed by atoms with Crippen LogP contribution in [0, 0.1) is 52.3 Å². The highest BCUT2D eigenvalue weighted by molar-refractivity contribution is 5.69. The Bertz CT molecular complexity index is 930. The highest BCUT2D eigenvalue weighted by Crippen LogP contribution is 2.67. The highest BCUT2D eigenvalue weighted by Gasteiger charge is 2.59. The van der Waals surface area contributed by atoms with Crippen molar-refractivity contribution >= 4 is 5.97 Å². The predicted octanol–water partition coefficient (Wildman–Crippen LogP) is 12.3. The molecule has 246 valence electrons. The van der Waals surface area contributed by atoms with Crippen molar-refractivity contribution in [1.82, 2.24) is 0 Å². The van der Waals surface area contributed by atoms with E-state index in [2.05, 4.69) is 66.7 Å². The van der Waals surface area contributed by atoms with Crippen LogP contribution < -0.4 is 0 Å². The molecular weight excluding hydrogens is 524 g/mol. The van der Waals surface area contributed by atoms with Crippen molar-refractivity contribution in [2.45, 2.75) is 177 Å². The number of carbonyl (C=O) groups excluding carboxylic acids is 1. The lowest BCUT2D eigenvalue weighted by Gasteiger charge is -2.58. The van der Waals surface area contributed by atoms with E-state index in [-0.39, 0.29) is 12.1 Å². The molecule has 43 heavy (non-hydrogen) atoms. The molecule has 4 aliphatic carbocycles. The third kappa shape index (κ3) is 8.41. The number of unbranched alkanes of at least 4 members (excludes halogenated alkanes) is 9. The van der Waals surface area contributed by atoms with Gasteiger partial charge in [0.2, 0.25) is 0 Å². The van der Waals surface area contributed by atoms with Crippen molar-refractivity contribution in [2.75, 3.05) is 0 Å². The molecule has 0 aromatic carbocycles. The molecule has 0 radical (unpaired) electrons. The Hall–Kier alpha value is -1.05. The fourth-order valence-corrected chi connectivity index (χ4v) is 10.3. The molecule has 4 aliphatic rings. The van der Waals surface area contributed by atoms with Crippen molar-refractivity contribution in [3.05, 3.63) is 23.8 Å². The number of esters is 1. The Balaban J connectivity index is 1.23. The number of allylic oxidation sites excluding steroid dienone is 3. The number of ether oxygens (including phenoxy) is 1. The molecule has 9 atom stereocenters. The summed E-state index contributed by atoms with van der Waals surface area (Å²) in [6.07, 6.45) is 31.6. The molecule has 4 rings (SSSR count). The van der Waals surface area contributed by atoms with Gasteiger partial charge in [-0.2, -0.15) is 0 Å². The molecule has 3 fully saturated rings. The third-order valence-corrected chi connectivity index (χ3v) is 13.6. The molecule has 0 saturated heterocycles. The largest absolute Gasteiger partial charge is 0.462 e. The van der Waals surface area contributed by atoms with E-state index in [9.17, 15) is 4.79 Å². The van der Waals surface area contributed by atoms with E-state index in [4.69, 9.17) is 4.74 Å². The van der Waals surface area contributed by atoms with Gasteiger partial charge in [0.05, 0.1) is 0 Å². The molecule has 0 N–H and O–H groups in total. The van der Waals surface area contributed by atoms with E-state index in [1.165, 1.54) is 96.3 Å². The summed E-state index contributed by atoms with van der Waals surface area (Å²) in [6, 6.07) is 0. The molecule has 3 saturated carbocycles. The second-order valence-corrected chi connectivity index (χ2v) is 16.6. The van der Waals surface area contributed by atoms with Crippen LogP contribution in [0.25, 0.3) is 0 Å². The quantitative estimate of drug-likeness (QED) is 0.101. The van der Waals surface area contributed by atoms with E-state index in [0.29, 0.717) is 29.1 Å². The van der Waals surface area contributed by atoms with Gasteiger partial charge in [0.15, 0.2) is 0 Å². The van der Waals surface area contributed by atoms with Crippen molar-refractivity contribution in [3.8, 4) is 0 Å². The predicted molar refractivity (Wildman–Crippen MR) is 184 cm³/mol. The van der Waals surface area contributed by atoms with Crippen molar-refractivity contribution in [3.63, 3.8) is 0 Å². The summed E-state index contributed by atoms with van der Waals surface area (Å²) in [6.45, 7) is 17.1. The monoisotopic (exact) mass is 595 g/mol. The van der Waals surface area contributed by atoms with Gasteiger partial charge in [-0.1, -0.05) is 130 Å². The Kier molecular flexibility index (Phi) is 12.9. The number of rotatable bonds is 16. The van der Waals surface area contributed by atoms with E-state index >= 15 is 0 Å². The van der Waals surface area contributed by atoms with Crippen LogP contribution in [-0.4, -0.2) is 12.1 Å². The third-order valence-electron chi connectivity index (χ3n) is 13.6. The fraction of sp³-hybridized carbons (Fsp3) is 0.878. The Morgan fingerprint density at radius 3 is 2.21 bits per heavy atom. The van der Waals surface area contributed by atoms with Crippen LogP contribution in [0.1, 0.15) is 170 Å². The Morgan fingerprint density at radius 2 is 1.53 bits per heavy atom. The van der Waals surface area contributed by atoms with Crippen LogP contribution in [0.15, 0.2) is 23.8 Å². The molecule has 0 amide bonds. The van der Waals surface area contributed by atoms with Crippen LogP contribution in [-0.2, 0) is 9.53 Å². The summed E-state index contributed by atoms with van der Waals surface area (Å²) in [4.78, 5) is 12.7. The SMILES string of the molecule is CCCCCCCCCCCCC(=O)OC1CCC2(C)C(=CCC3C2CCC2(C)C(C(C)/C=C/C(C)C(C)C)CCC32)C1. The van der Waals surface area contributed by atoms with Crippen molar-refractivity contribution < 1.29 is 9.53 Å². The number of carbonyl (C=O) groups is 1. The minimum absolute atomic E-state index is 0.0545. The molecule has 0 spiro atoms. The van der Waals surface area contributed by atoms with Gasteiger partial charge in [0.25, 0.3) is 0 Å². The lowest BCUT2D eigenvalue weighted by molar-refractivity contribution is -0.151. The number of fused-ring (bicyclic) bond motifs is 5. The zero-order valence-corrected chi connectivity index (χ0v) is 29.6. The van der Waals surface area contributed by atoms with Crippen LogP contribution in [0.2, 0.25) is 0 Å². The second-order valence-electron chi connectivity index (χ2n) is 16.6. The maximum Gasteiger partial charge on any atom is 0.306 e. The molecule has 0 aliphatic heterocycles. The van der Waals surface area contributed by atoms with Crippen LogP contribution >= 0.6 is 0 Å². The average Bonchev–Trinajstić information content (AvgIpc) is 3.34. The second kappa shape index (κ2) is 16.0. The summed E-state index contributed by atoms with van der Waals surface area (Å²) in [5.41, 5.74) is 2.45. The lowest BCUT2D eigenvalue weighted by atomic mass is 9.47. The standard InChI is InChI=1S/C41H70O2/c1-8-9-10-11-12-13-14-15-16-17-18-39(42)43-34-25-27-40(6)33(29-34)21-22-35-37-24-23-36(41(37,7)28-26-38(35)40)32(5)20-19-31(4)30(2)3/h19-21,30-32,34-38H,8-18,22-29H2,1-7H3/b20-19+. The van der Waals surface area contributed by atoms with E-state index < -0.39 is 0 Å². The summed E-state index contributed by atoms with van der Waals surface area (Å²) < 4.78 is 6.10. The molecule has 0 aromatic rings. The minimum Gasteiger partial charge on any atom is -0.462 e. The van der Waals surface area contributed by atoms with E-state index in [1.54, 1.807) is 5.57 Å². The smallest absolute Gasteiger partial charge is 0.306 e. The number of hydrogen-bond donors (Lipinski definition) is 0. The van der Waals surface area contributed by atoms with Crippen molar-refractivity contribution in [2.24, 2.45) is 52.3 Å². The van der Waals surface area contributed by atoms with Crippen LogP contribution in [0.3, 0.4) is 0 Å². The zero-order chi connectivity index (χ0) is 31.0. The number of hydrogen-bond acceptors (Lipinski definition) is 2. The normalized spacial score (nSPS) is 35.3. The topological polar surface area (TPSA) is 26.3 Å². The van der Waals surface area contributed by atoms with Gasteiger partial charge in [-0.15, -0.1) is 0 Å². The highest BCUT2D eigenvalue weighted by atomic mass is 16.5. The maximum atomic E-state index is 12.7. The van der Waals surface area contributed by atoms with Crippen molar-refractivity contribution in [1.29, 1.82) is 0 Å². The molecule has 2 heteroatoms. The Morgan fingerprint density at radius 1 is 0.860 bits per heavy atom. The molecule has 0 aromatic heterocycles. The van der Waals surface area contributed by atoms with E-state index in [1.807, 2.05) is 0 Å². The fourth-order valence-electron chi connectivity index (χ4n) is 10.3. The molecule has 2 nitrogen and oxygen atoms in total. The maximum absolute atomic E-state index is 12.7. The summed E-state index contributed by atoms with van der Waals surface area (Å²) in [5.74, 6) is 5.50. The summed E-state index contributed by atoms with van der Waals surface area (Å²) in [7, 11) is 0. The molecular formula is C41H70O2. The summed E-state index contributed by atoms with van der Waals surface area (Å²) >= 11 is 0. The van der Waals surface area contributed by atoms with E-state index in [0.717, 1.165) is 48.9 Å². The molecule has 0 bridgehead atoms. The zero-order valence-electron chi connectivity index (χ0n) is 29.6. The van der Waals surface area contributed by atoms with Gasteiger partial charge in [-0.3, -0.25) is 4.79 Å². The lowest BCUT2D eigenvalue weighted by Crippen LogP contribution is -2.51. The molecule has 9 unspecified atom stereocenters. The first kappa shape index (κ1) is 34.8. The van der Waals surface area contributed by atoms with Crippen LogP contribution in [0.4, 0.5) is 0 Å². The van der Waals surface area contributed by atoms with Gasteiger partial charge >= 0.3 is 5.97 Å². The average molecular weight is 595 g/mol. The van der Waals surface area contributed by atoms with Gasteiger partial charge in [-0.05, 0) is 104 Å². The van der Waals surface area contributed by atoms with Gasteiger partial charge in [0.1, 0.15) is 6.10 Å². The van der Waals surface area contributed by atoms with Crippen LogP contribution in [0.5, 0.6) is 0 Å². The van der Waals surface area contributed by atoms with Gasteiger partial charge in [-0.25, -0.2) is 0 Å². The molecule has 0 heterocycles. The Labute approximate surface area is 267 Å². The first-order valence-corrected chi connectivity index (χ1v) is 19.2. The first-order chi connectivity index (χ1) is 20.6. The first-order valence-electron chi connectivity index (χ1n) is 19.2. The van der Waals surface area contributed by atoms with Gasteiger partial charge in [0, 0.05) is 12.8 Å². The summed E-state index contributed by atoms with van der Waals surface area (Å²) in [5, 5.41) is 0.